The van der Waals surface area contributed by atoms with Crippen molar-refractivity contribution < 1.29 is 9.18 Å². The van der Waals surface area contributed by atoms with Gasteiger partial charge in [-0.05, 0) is 30.7 Å². The van der Waals surface area contributed by atoms with Crippen LogP contribution in [0.1, 0.15) is 18.4 Å². The van der Waals surface area contributed by atoms with Gasteiger partial charge in [0, 0.05) is 12.8 Å². The molecule has 0 amide bonds. The summed E-state index contributed by atoms with van der Waals surface area (Å²) < 4.78 is 13.0. The quantitative estimate of drug-likeness (QED) is 0.842. The Bertz CT molecular complexity index is 354. The zero-order valence-corrected chi connectivity index (χ0v) is 9.06. The van der Waals surface area contributed by atoms with Gasteiger partial charge in [0.15, 0.2) is 0 Å². The molecule has 4 heteroatoms. The van der Waals surface area contributed by atoms with Gasteiger partial charge in [-0.25, -0.2) is 4.39 Å². The molecule has 0 aliphatic carbocycles. The lowest BCUT2D eigenvalue weighted by Gasteiger charge is -2.01. The van der Waals surface area contributed by atoms with Crippen molar-refractivity contribution in [3.05, 3.63) is 34.6 Å². The Balaban J connectivity index is 2.57. The first kappa shape index (κ1) is 12.1. The van der Waals surface area contributed by atoms with Gasteiger partial charge < -0.3 is 5.73 Å². The zero-order chi connectivity index (χ0) is 11.3. The van der Waals surface area contributed by atoms with E-state index in [2.05, 4.69) is 0 Å². The highest BCUT2D eigenvalue weighted by Crippen LogP contribution is 2.16. The lowest BCUT2D eigenvalue weighted by atomic mass is 10.1. The normalized spacial score (nSPS) is 10.3. The van der Waals surface area contributed by atoms with Gasteiger partial charge in [0.2, 0.25) is 0 Å². The number of hydrogen-bond donors (Lipinski definition) is 1. The van der Waals surface area contributed by atoms with Gasteiger partial charge in [-0.3, -0.25) is 4.79 Å². The van der Waals surface area contributed by atoms with Crippen molar-refractivity contribution in [1.29, 1.82) is 0 Å². The molecule has 0 radical (unpaired) electrons. The number of Topliss-reactive ketones (excluding diaryl/α,β-unsaturated/α-hetero) is 1. The Morgan fingerprint density at radius 1 is 1.47 bits per heavy atom. The predicted molar refractivity (Wildman–Crippen MR) is 58.4 cm³/mol. The molecule has 0 aliphatic rings. The van der Waals surface area contributed by atoms with Gasteiger partial charge in [-0.15, -0.1) is 0 Å². The molecule has 1 aromatic rings. The minimum Gasteiger partial charge on any atom is -0.330 e. The van der Waals surface area contributed by atoms with Crippen molar-refractivity contribution in [3.8, 4) is 0 Å². The van der Waals surface area contributed by atoms with E-state index in [1.165, 1.54) is 12.1 Å². The Kier molecular flexibility index (Phi) is 4.72. The molecule has 0 atom stereocenters. The highest BCUT2D eigenvalue weighted by atomic mass is 35.5. The number of nitrogens with two attached hydrogens (primary N) is 1. The predicted octanol–water partition coefficient (Wildman–Crippen LogP) is 2.33. The van der Waals surface area contributed by atoms with Crippen molar-refractivity contribution >= 4 is 17.4 Å². The molecule has 0 bridgehead atoms. The summed E-state index contributed by atoms with van der Waals surface area (Å²) in [4.78, 5) is 11.4. The fourth-order valence-corrected chi connectivity index (χ4v) is 1.38. The smallest absolute Gasteiger partial charge is 0.142 e. The van der Waals surface area contributed by atoms with Gasteiger partial charge >= 0.3 is 0 Å². The standard InChI is InChI=1S/C11H13ClFNO/c12-10-4-3-8(7-11(10)13)6-9(15)2-1-5-14/h3-4,7H,1-2,5-6,14H2. The van der Waals surface area contributed by atoms with E-state index in [1.807, 2.05) is 0 Å². The second-order valence-corrected chi connectivity index (χ2v) is 3.76. The summed E-state index contributed by atoms with van der Waals surface area (Å²) in [7, 11) is 0. The van der Waals surface area contributed by atoms with E-state index in [0.29, 0.717) is 24.9 Å². The molecule has 0 saturated carbocycles. The summed E-state index contributed by atoms with van der Waals surface area (Å²) in [6.07, 6.45) is 1.36. The van der Waals surface area contributed by atoms with Crippen LogP contribution in [-0.2, 0) is 11.2 Å². The van der Waals surface area contributed by atoms with Crippen LogP contribution in [0.15, 0.2) is 18.2 Å². The molecule has 0 saturated heterocycles. The summed E-state index contributed by atoms with van der Waals surface area (Å²) in [5.74, 6) is -0.414. The molecule has 0 aromatic heterocycles. The van der Waals surface area contributed by atoms with Crippen molar-refractivity contribution in [2.75, 3.05) is 6.54 Å². The van der Waals surface area contributed by atoms with E-state index >= 15 is 0 Å². The van der Waals surface area contributed by atoms with Crippen LogP contribution in [0.3, 0.4) is 0 Å². The molecule has 1 aromatic carbocycles. The van der Waals surface area contributed by atoms with Gasteiger partial charge in [-0.1, -0.05) is 17.7 Å². The number of rotatable bonds is 5. The molecular weight excluding hydrogens is 217 g/mol. The maximum absolute atomic E-state index is 13.0. The molecule has 82 valence electrons. The molecule has 0 heterocycles. The van der Waals surface area contributed by atoms with Crippen LogP contribution in [0.2, 0.25) is 5.02 Å². The molecule has 0 fully saturated rings. The Morgan fingerprint density at radius 3 is 2.80 bits per heavy atom. The summed E-state index contributed by atoms with van der Waals surface area (Å²) in [6.45, 7) is 0.501. The van der Waals surface area contributed by atoms with E-state index in [1.54, 1.807) is 6.07 Å². The Morgan fingerprint density at radius 2 is 2.20 bits per heavy atom. The highest BCUT2D eigenvalue weighted by molar-refractivity contribution is 6.30. The average molecular weight is 230 g/mol. The molecular formula is C11H13ClFNO. The first-order valence-corrected chi connectivity index (χ1v) is 5.17. The maximum atomic E-state index is 13.0. The molecule has 0 unspecified atom stereocenters. The van der Waals surface area contributed by atoms with E-state index in [9.17, 15) is 9.18 Å². The van der Waals surface area contributed by atoms with Crippen LogP contribution in [0.4, 0.5) is 4.39 Å². The summed E-state index contributed by atoms with van der Waals surface area (Å²) in [6, 6.07) is 4.41. The fraction of sp³-hybridized carbons (Fsp3) is 0.364. The Hall–Kier alpha value is -0.930. The van der Waals surface area contributed by atoms with E-state index in [0.717, 1.165) is 0 Å². The molecule has 2 nitrogen and oxygen atoms in total. The lowest BCUT2D eigenvalue weighted by molar-refractivity contribution is -0.118. The minimum absolute atomic E-state index is 0.0715. The third-order valence-electron chi connectivity index (χ3n) is 2.05. The largest absolute Gasteiger partial charge is 0.330 e. The SMILES string of the molecule is NCCCC(=O)Cc1ccc(Cl)c(F)c1. The molecule has 1 rings (SSSR count). The first-order valence-electron chi connectivity index (χ1n) is 4.79. The zero-order valence-electron chi connectivity index (χ0n) is 8.30. The van der Waals surface area contributed by atoms with Crippen LogP contribution in [-0.4, -0.2) is 12.3 Å². The van der Waals surface area contributed by atoms with Crippen molar-refractivity contribution in [3.63, 3.8) is 0 Å². The average Bonchev–Trinajstić information content (AvgIpc) is 2.20. The molecule has 0 spiro atoms. The highest BCUT2D eigenvalue weighted by Gasteiger charge is 2.06. The first-order chi connectivity index (χ1) is 7.13. The second kappa shape index (κ2) is 5.83. The van der Waals surface area contributed by atoms with Crippen molar-refractivity contribution in [2.24, 2.45) is 5.73 Å². The van der Waals surface area contributed by atoms with Gasteiger partial charge in [0.05, 0.1) is 5.02 Å². The van der Waals surface area contributed by atoms with E-state index in [4.69, 9.17) is 17.3 Å². The molecule has 15 heavy (non-hydrogen) atoms. The molecule has 2 N–H and O–H groups in total. The van der Waals surface area contributed by atoms with E-state index < -0.39 is 5.82 Å². The van der Waals surface area contributed by atoms with Crippen LogP contribution in [0.25, 0.3) is 0 Å². The third kappa shape index (κ3) is 3.98. The summed E-state index contributed by atoms with van der Waals surface area (Å²) in [5, 5.41) is 0.0770. The van der Waals surface area contributed by atoms with Crippen LogP contribution in [0, 0.1) is 5.82 Å². The topological polar surface area (TPSA) is 43.1 Å². The summed E-state index contributed by atoms with van der Waals surface area (Å²) in [5.41, 5.74) is 5.94. The van der Waals surface area contributed by atoms with Gasteiger partial charge in [0.1, 0.15) is 11.6 Å². The minimum atomic E-state index is -0.485. The second-order valence-electron chi connectivity index (χ2n) is 3.36. The lowest BCUT2D eigenvalue weighted by Crippen LogP contribution is -2.07. The van der Waals surface area contributed by atoms with Crippen LogP contribution < -0.4 is 5.73 Å². The third-order valence-corrected chi connectivity index (χ3v) is 2.35. The fourth-order valence-electron chi connectivity index (χ4n) is 1.26. The van der Waals surface area contributed by atoms with Gasteiger partial charge in [0.25, 0.3) is 0 Å². The molecule has 0 aliphatic heterocycles. The number of halogens is 2. The maximum Gasteiger partial charge on any atom is 0.142 e. The number of hydrogen-bond acceptors (Lipinski definition) is 2. The van der Waals surface area contributed by atoms with Gasteiger partial charge in [-0.2, -0.15) is 0 Å². The number of ketones is 1. The number of carbonyl (C=O) groups excluding carboxylic acids is 1. The number of carbonyl (C=O) groups is 1. The summed E-state index contributed by atoms with van der Waals surface area (Å²) >= 11 is 5.52. The van der Waals surface area contributed by atoms with Crippen molar-refractivity contribution in [2.45, 2.75) is 19.3 Å². The van der Waals surface area contributed by atoms with Crippen LogP contribution in [0.5, 0.6) is 0 Å². The van der Waals surface area contributed by atoms with Crippen LogP contribution >= 0.6 is 11.6 Å². The monoisotopic (exact) mass is 229 g/mol. The van der Waals surface area contributed by atoms with Crippen molar-refractivity contribution in [1.82, 2.24) is 0 Å². The Labute approximate surface area is 93.2 Å². The van der Waals surface area contributed by atoms with E-state index in [-0.39, 0.29) is 17.2 Å². The number of benzene rings is 1.